The number of alkyl halides is 3. The maximum atomic E-state index is 12.9. The van der Waals surface area contributed by atoms with Crippen LogP contribution in [0.5, 0.6) is 0 Å². The van der Waals surface area contributed by atoms with Crippen molar-refractivity contribution in [3.05, 3.63) is 84.4 Å². The van der Waals surface area contributed by atoms with Gasteiger partial charge in [-0.05, 0) is 24.3 Å². The molecule has 30 heavy (non-hydrogen) atoms. The number of amides is 1. The summed E-state index contributed by atoms with van der Waals surface area (Å²) in [5, 5.41) is 2.76. The van der Waals surface area contributed by atoms with Crippen LogP contribution in [0.15, 0.2) is 77.5 Å². The Balaban J connectivity index is 1.59. The van der Waals surface area contributed by atoms with Gasteiger partial charge in [-0.15, -0.1) is 0 Å². The molecule has 152 valence electrons. The van der Waals surface area contributed by atoms with Gasteiger partial charge in [0.2, 0.25) is 0 Å². The number of furan rings is 1. The number of hydrogen-bond donors (Lipinski definition) is 1. The Morgan fingerprint density at radius 3 is 2.47 bits per heavy atom. The van der Waals surface area contributed by atoms with Gasteiger partial charge in [-0.25, -0.2) is 4.98 Å². The van der Waals surface area contributed by atoms with Crippen LogP contribution in [-0.2, 0) is 13.2 Å². The van der Waals surface area contributed by atoms with E-state index in [4.69, 9.17) is 4.42 Å². The van der Waals surface area contributed by atoms with Crippen LogP contribution >= 0.6 is 0 Å². The molecule has 2 heterocycles. The van der Waals surface area contributed by atoms with E-state index in [1.165, 1.54) is 24.3 Å². The molecule has 0 aliphatic rings. The zero-order chi connectivity index (χ0) is 21.3. The van der Waals surface area contributed by atoms with Gasteiger partial charge in [0.05, 0.1) is 11.9 Å². The van der Waals surface area contributed by atoms with Crippen molar-refractivity contribution in [1.29, 1.82) is 0 Å². The molecule has 0 unspecified atom stereocenters. The molecular formula is C22H16F3N3O2. The quantitative estimate of drug-likeness (QED) is 0.474. The number of halogens is 3. The zero-order valence-electron chi connectivity index (χ0n) is 15.8. The van der Waals surface area contributed by atoms with Crippen molar-refractivity contribution < 1.29 is 22.4 Å². The molecule has 1 N–H and O–H groups in total. The van der Waals surface area contributed by atoms with Crippen molar-refractivity contribution in [2.24, 2.45) is 7.05 Å². The molecular weight excluding hydrogens is 395 g/mol. The lowest BCUT2D eigenvalue weighted by Gasteiger charge is -2.08. The van der Waals surface area contributed by atoms with E-state index in [0.29, 0.717) is 11.5 Å². The molecule has 0 saturated heterocycles. The third kappa shape index (κ3) is 3.84. The summed E-state index contributed by atoms with van der Waals surface area (Å²) in [5.41, 5.74) is 0.868. The number of anilines is 1. The summed E-state index contributed by atoms with van der Waals surface area (Å²) in [7, 11) is 1.74. The first kappa shape index (κ1) is 19.5. The summed E-state index contributed by atoms with van der Waals surface area (Å²) in [6.45, 7) is 0. The van der Waals surface area contributed by atoms with Gasteiger partial charge >= 0.3 is 6.18 Å². The summed E-state index contributed by atoms with van der Waals surface area (Å²) in [6.07, 6.45) is -2.88. The van der Waals surface area contributed by atoms with E-state index in [9.17, 15) is 18.0 Å². The second kappa shape index (κ2) is 7.55. The smallest absolute Gasteiger partial charge is 0.416 e. The van der Waals surface area contributed by atoms with Crippen LogP contribution in [0.2, 0.25) is 0 Å². The average molecular weight is 411 g/mol. The molecule has 0 aliphatic heterocycles. The van der Waals surface area contributed by atoms with Crippen LogP contribution in [0.3, 0.4) is 0 Å². The number of rotatable bonds is 4. The van der Waals surface area contributed by atoms with Crippen molar-refractivity contribution in [3.63, 3.8) is 0 Å². The van der Waals surface area contributed by atoms with Crippen LogP contribution in [0.1, 0.15) is 16.1 Å². The molecule has 0 fully saturated rings. The molecule has 5 nitrogen and oxygen atoms in total. The summed E-state index contributed by atoms with van der Waals surface area (Å²) in [5.74, 6) is 0.0828. The van der Waals surface area contributed by atoms with Gasteiger partial charge < -0.3 is 14.3 Å². The summed E-state index contributed by atoms with van der Waals surface area (Å²) >= 11 is 0. The Hall–Kier alpha value is -3.81. The molecule has 8 heteroatoms. The van der Waals surface area contributed by atoms with Gasteiger partial charge in [0.15, 0.2) is 5.76 Å². The fraction of sp³-hybridized carbons (Fsp3) is 0.0909. The van der Waals surface area contributed by atoms with E-state index in [1.54, 1.807) is 17.9 Å². The minimum absolute atomic E-state index is 0.0253. The van der Waals surface area contributed by atoms with Crippen molar-refractivity contribution in [2.45, 2.75) is 6.18 Å². The standard InChI is InChI=1S/C22H16F3N3O2/c1-28-13-26-19(14-6-3-2-4-7-14)20(28)27-21(29)18-11-10-17(30-18)15-8-5-9-16(12-15)22(23,24)25/h2-13H,1H3,(H,27,29). The molecule has 0 spiro atoms. The van der Waals surface area contributed by atoms with Gasteiger partial charge in [0, 0.05) is 18.2 Å². The molecule has 0 radical (unpaired) electrons. The molecule has 4 aromatic rings. The highest BCUT2D eigenvalue weighted by molar-refractivity contribution is 6.03. The molecule has 1 amide bonds. The first-order chi connectivity index (χ1) is 14.3. The van der Waals surface area contributed by atoms with Crippen molar-refractivity contribution in [2.75, 3.05) is 5.32 Å². The summed E-state index contributed by atoms with van der Waals surface area (Å²) in [6, 6.07) is 17.0. The topological polar surface area (TPSA) is 60.1 Å². The Morgan fingerprint density at radius 1 is 1.00 bits per heavy atom. The lowest BCUT2D eigenvalue weighted by molar-refractivity contribution is -0.137. The highest BCUT2D eigenvalue weighted by Crippen LogP contribution is 2.33. The second-order valence-corrected chi connectivity index (χ2v) is 6.62. The summed E-state index contributed by atoms with van der Waals surface area (Å²) < 4.78 is 46.0. The predicted octanol–water partition coefficient (Wildman–Crippen LogP) is 5.62. The number of aromatic nitrogens is 2. The van der Waals surface area contributed by atoms with Gasteiger partial charge in [-0.3, -0.25) is 4.79 Å². The third-order valence-corrected chi connectivity index (χ3v) is 4.52. The van der Waals surface area contributed by atoms with Crippen LogP contribution in [0.4, 0.5) is 19.0 Å². The SMILES string of the molecule is Cn1cnc(-c2ccccc2)c1NC(=O)c1ccc(-c2cccc(C(F)(F)F)c2)o1. The Kier molecular flexibility index (Phi) is 4.91. The lowest BCUT2D eigenvalue weighted by atomic mass is 10.1. The van der Waals surface area contributed by atoms with E-state index < -0.39 is 17.6 Å². The number of aryl methyl sites for hydroxylation is 1. The van der Waals surface area contributed by atoms with E-state index in [2.05, 4.69) is 10.3 Å². The monoisotopic (exact) mass is 411 g/mol. The largest absolute Gasteiger partial charge is 0.451 e. The number of hydrogen-bond acceptors (Lipinski definition) is 3. The Labute approximate surface area is 169 Å². The highest BCUT2D eigenvalue weighted by Gasteiger charge is 2.30. The normalized spacial score (nSPS) is 11.5. The van der Waals surface area contributed by atoms with Gasteiger partial charge in [0.1, 0.15) is 17.3 Å². The number of nitrogens with one attached hydrogen (secondary N) is 1. The van der Waals surface area contributed by atoms with Crippen LogP contribution < -0.4 is 5.32 Å². The van der Waals surface area contributed by atoms with E-state index in [0.717, 1.165) is 17.7 Å². The van der Waals surface area contributed by atoms with Crippen molar-refractivity contribution >= 4 is 11.7 Å². The van der Waals surface area contributed by atoms with E-state index >= 15 is 0 Å². The molecule has 2 aromatic carbocycles. The summed E-state index contributed by atoms with van der Waals surface area (Å²) in [4.78, 5) is 17.0. The van der Waals surface area contributed by atoms with E-state index in [1.807, 2.05) is 30.3 Å². The van der Waals surface area contributed by atoms with Crippen molar-refractivity contribution in [3.8, 4) is 22.6 Å². The molecule has 0 aliphatic carbocycles. The molecule has 0 saturated carbocycles. The first-order valence-corrected chi connectivity index (χ1v) is 8.98. The molecule has 4 rings (SSSR count). The maximum absolute atomic E-state index is 12.9. The number of carbonyl (C=O) groups is 1. The van der Waals surface area contributed by atoms with Crippen molar-refractivity contribution in [1.82, 2.24) is 9.55 Å². The number of carbonyl (C=O) groups excluding carboxylic acids is 1. The van der Waals surface area contributed by atoms with E-state index in [-0.39, 0.29) is 17.1 Å². The first-order valence-electron chi connectivity index (χ1n) is 8.98. The third-order valence-electron chi connectivity index (χ3n) is 4.52. The van der Waals surface area contributed by atoms with Gasteiger partial charge in [-0.2, -0.15) is 13.2 Å². The fourth-order valence-electron chi connectivity index (χ4n) is 3.02. The zero-order valence-corrected chi connectivity index (χ0v) is 15.8. The molecule has 0 atom stereocenters. The molecule has 0 bridgehead atoms. The number of nitrogens with zero attached hydrogens (tertiary/aromatic N) is 2. The van der Waals surface area contributed by atoms with Crippen LogP contribution in [0.25, 0.3) is 22.6 Å². The second-order valence-electron chi connectivity index (χ2n) is 6.62. The minimum atomic E-state index is -4.46. The molecule has 2 aromatic heterocycles. The number of benzene rings is 2. The lowest BCUT2D eigenvalue weighted by Crippen LogP contribution is -2.14. The fourth-order valence-corrected chi connectivity index (χ4v) is 3.02. The van der Waals surface area contributed by atoms with Crippen LogP contribution in [0, 0.1) is 0 Å². The average Bonchev–Trinajstić information content (AvgIpc) is 3.36. The predicted molar refractivity (Wildman–Crippen MR) is 106 cm³/mol. The minimum Gasteiger partial charge on any atom is -0.451 e. The Bertz CT molecular complexity index is 1190. The van der Waals surface area contributed by atoms with Crippen LogP contribution in [-0.4, -0.2) is 15.5 Å². The Morgan fingerprint density at radius 2 is 1.73 bits per heavy atom. The number of imidazole rings is 1. The maximum Gasteiger partial charge on any atom is 0.416 e. The van der Waals surface area contributed by atoms with Gasteiger partial charge in [-0.1, -0.05) is 42.5 Å². The van der Waals surface area contributed by atoms with Gasteiger partial charge in [0.25, 0.3) is 5.91 Å². The highest BCUT2D eigenvalue weighted by atomic mass is 19.4.